The minimum Gasteiger partial charge on any atom is -0.467 e. The van der Waals surface area contributed by atoms with E-state index >= 15 is 0 Å². The Balaban J connectivity index is 4.17. The van der Waals surface area contributed by atoms with E-state index in [4.69, 9.17) is 5.11 Å². The van der Waals surface area contributed by atoms with Crippen LogP contribution in [0.2, 0.25) is 0 Å². The third-order valence-corrected chi connectivity index (χ3v) is 1.83. The summed E-state index contributed by atoms with van der Waals surface area (Å²) in [5.41, 5.74) is 0. The molecule has 0 rings (SSSR count). The van der Waals surface area contributed by atoms with E-state index in [1.807, 2.05) is 0 Å². The van der Waals surface area contributed by atoms with Gasteiger partial charge in [0, 0.05) is 13.5 Å². The van der Waals surface area contributed by atoms with E-state index in [2.05, 4.69) is 15.4 Å². The number of aliphatic hydroxyl groups is 1. The molecule has 0 heterocycles. The number of esters is 1. The number of amides is 1. The molecule has 0 saturated carbocycles. The largest absolute Gasteiger partial charge is 0.467 e. The van der Waals surface area contributed by atoms with Gasteiger partial charge in [-0.1, -0.05) is 0 Å². The highest BCUT2D eigenvalue weighted by Crippen LogP contribution is 2.09. The Bertz CT molecular complexity index is 274. The Hall–Kier alpha value is -1.28. The molecule has 6 nitrogen and oxygen atoms in total. The zero-order valence-electron chi connectivity index (χ0n) is 9.63. The molecule has 0 radical (unpaired) electrons. The van der Waals surface area contributed by atoms with Crippen LogP contribution >= 0.6 is 0 Å². The molecule has 1 atom stereocenters. The van der Waals surface area contributed by atoms with Crippen molar-refractivity contribution in [1.29, 1.82) is 0 Å². The summed E-state index contributed by atoms with van der Waals surface area (Å²) in [7, 11) is 1.12. The van der Waals surface area contributed by atoms with E-state index in [-0.39, 0.29) is 6.54 Å². The number of hydrogen-bond acceptors (Lipinski definition) is 5. The van der Waals surface area contributed by atoms with Crippen molar-refractivity contribution in [3.8, 4) is 0 Å². The molecule has 0 aliphatic heterocycles. The van der Waals surface area contributed by atoms with Crippen molar-refractivity contribution >= 4 is 11.9 Å². The van der Waals surface area contributed by atoms with Crippen LogP contribution in [0.5, 0.6) is 0 Å². The van der Waals surface area contributed by atoms with Gasteiger partial charge in [0.25, 0.3) is 5.92 Å². The van der Waals surface area contributed by atoms with Crippen LogP contribution in [0.4, 0.5) is 8.78 Å². The van der Waals surface area contributed by atoms with Crippen LogP contribution < -0.4 is 10.6 Å². The molecule has 3 N–H and O–H groups in total. The third kappa shape index (κ3) is 6.80. The minimum absolute atomic E-state index is 0.207. The molecule has 1 amide bonds. The summed E-state index contributed by atoms with van der Waals surface area (Å²) >= 11 is 0. The third-order valence-electron chi connectivity index (χ3n) is 1.83. The van der Waals surface area contributed by atoms with Gasteiger partial charge in [-0.05, 0) is 0 Å². The predicted octanol–water partition coefficient (Wildman–Crippen LogP) is -1.12. The highest BCUT2D eigenvalue weighted by molar-refractivity contribution is 5.83. The van der Waals surface area contributed by atoms with Crippen molar-refractivity contribution in [1.82, 2.24) is 10.6 Å². The Morgan fingerprint density at radius 3 is 2.47 bits per heavy atom. The van der Waals surface area contributed by atoms with Gasteiger partial charge in [0.15, 0.2) is 0 Å². The van der Waals surface area contributed by atoms with Gasteiger partial charge in [-0.2, -0.15) is 0 Å². The Labute approximate surface area is 97.3 Å². The van der Waals surface area contributed by atoms with E-state index in [9.17, 15) is 18.4 Å². The van der Waals surface area contributed by atoms with E-state index in [1.165, 1.54) is 6.92 Å². The molecule has 8 heteroatoms. The number of ether oxygens (including phenoxy) is 1. The maximum Gasteiger partial charge on any atom is 0.329 e. The van der Waals surface area contributed by atoms with Gasteiger partial charge in [0.05, 0.1) is 13.7 Å². The molecule has 0 bridgehead atoms. The van der Waals surface area contributed by atoms with Crippen molar-refractivity contribution in [3.05, 3.63) is 0 Å². The molecule has 0 aromatic carbocycles. The van der Waals surface area contributed by atoms with Gasteiger partial charge in [-0.3, -0.25) is 4.79 Å². The van der Waals surface area contributed by atoms with Gasteiger partial charge >= 0.3 is 5.97 Å². The van der Waals surface area contributed by atoms with Gasteiger partial charge in [0.1, 0.15) is 12.6 Å². The number of hydrogen-bond donors (Lipinski definition) is 3. The quantitative estimate of drug-likeness (QED) is 0.501. The molecule has 0 saturated heterocycles. The van der Waals surface area contributed by atoms with E-state index in [0.29, 0.717) is 0 Å². The number of rotatable bonds is 7. The second-order valence-corrected chi connectivity index (χ2v) is 3.42. The number of nitrogens with one attached hydrogen (secondary N) is 2. The topological polar surface area (TPSA) is 87.7 Å². The molecule has 100 valence electrons. The fraction of sp³-hybridized carbons (Fsp3) is 0.778. The first-order valence-corrected chi connectivity index (χ1v) is 4.86. The molecular formula is C9H16F2N2O4. The first-order valence-electron chi connectivity index (χ1n) is 4.86. The zero-order valence-corrected chi connectivity index (χ0v) is 9.63. The Kier molecular flexibility index (Phi) is 6.59. The van der Waals surface area contributed by atoms with Crippen LogP contribution in [0.3, 0.4) is 0 Å². The van der Waals surface area contributed by atoms with Crippen molar-refractivity contribution in [3.63, 3.8) is 0 Å². The molecule has 0 spiro atoms. The van der Waals surface area contributed by atoms with Crippen molar-refractivity contribution < 1.29 is 28.2 Å². The number of carbonyl (C=O) groups excluding carboxylic acids is 2. The van der Waals surface area contributed by atoms with Crippen LogP contribution in [0.25, 0.3) is 0 Å². The summed E-state index contributed by atoms with van der Waals surface area (Å²) < 4.78 is 29.7. The summed E-state index contributed by atoms with van der Waals surface area (Å²) in [6.45, 7) is -1.10. The van der Waals surface area contributed by atoms with Crippen LogP contribution in [0.15, 0.2) is 0 Å². The average Bonchev–Trinajstić information content (AvgIpc) is 2.26. The molecule has 0 fully saturated rings. The maximum absolute atomic E-state index is 12.6. The second kappa shape index (κ2) is 7.13. The number of halogens is 2. The lowest BCUT2D eigenvalue weighted by atomic mass is 10.2. The zero-order chi connectivity index (χ0) is 13.5. The molecule has 0 aromatic rings. The SMILES string of the molecule is COC(=O)C(CNCC(F)(F)CO)NC(C)=O. The fourth-order valence-corrected chi connectivity index (χ4v) is 1.04. The normalized spacial score (nSPS) is 13.0. The first kappa shape index (κ1) is 15.7. The molecule has 0 aromatic heterocycles. The average molecular weight is 254 g/mol. The molecule has 0 aliphatic rings. The first-order chi connectivity index (χ1) is 7.82. The maximum atomic E-state index is 12.6. The minimum atomic E-state index is -3.27. The van der Waals surface area contributed by atoms with Gasteiger partial charge in [0.2, 0.25) is 5.91 Å². The Morgan fingerprint density at radius 2 is 2.06 bits per heavy atom. The van der Waals surface area contributed by atoms with Crippen LogP contribution in [-0.2, 0) is 14.3 Å². The fourth-order valence-electron chi connectivity index (χ4n) is 1.04. The summed E-state index contributed by atoms with van der Waals surface area (Å²) in [5.74, 6) is -4.48. The summed E-state index contributed by atoms with van der Waals surface area (Å²) in [5, 5.41) is 12.8. The van der Waals surface area contributed by atoms with Crippen molar-refractivity contribution in [2.24, 2.45) is 0 Å². The number of methoxy groups -OCH3 is 1. The highest BCUT2D eigenvalue weighted by atomic mass is 19.3. The molecule has 1 unspecified atom stereocenters. The summed E-state index contributed by atoms with van der Waals surface area (Å²) in [4.78, 5) is 21.9. The van der Waals surface area contributed by atoms with Crippen LogP contribution in [-0.4, -0.2) is 55.8 Å². The van der Waals surface area contributed by atoms with E-state index in [0.717, 1.165) is 7.11 Å². The highest BCUT2D eigenvalue weighted by Gasteiger charge is 2.28. The number of aliphatic hydroxyl groups excluding tert-OH is 1. The molecule has 0 aliphatic carbocycles. The lowest BCUT2D eigenvalue weighted by molar-refractivity contribution is -0.144. The van der Waals surface area contributed by atoms with Crippen molar-refractivity contribution in [2.75, 3.05) is 26.8 Å². The Morgan fingerprint density at radius 1 is 1.47 bits per heavy atom. The second-order valence-electron chi connectivity index (χ2n) is 3.42. The summed E-state index contributed by atoms with van der Waals surface area (Å²) in [6, 6.07) is -1.04. The lowest BCUT2D eigenvalue weighted by Crippen LogP contribution is -2.49. The van der Waals surface area contributed by atoms with Gasteiger partial charge in [-0.25, -0.2) is 13.6 Å². The monoisotopic (exact) mass is 254 g/mol. The van der Waals surface area contributed by atoms with Gasteiger partial charge < -0.3 is 20.5 Å². The van der Waals surface area contributed by atoms with Crippen LogP contribution in [0.1, 0.15) is 6.92 Å². The molecule has 17 heavy (non-hydrogen) atoms. The number of carbonyl (C=O) groups is 2. The summed E-state index contributed by atoms with van der Waals surface area (Å²) in [6.07, 6.45) is 0. The van der Waals surface area contributed by atoms with E-state index < -0.39 is 37.0 Å². The van der Waals surface area contributed by atoms with E-state index in [1.54, 1.807) is 0 Å². The smallest absolute Gasteiger partial charge is 0.329 e. The molecular weight excluding hydrogens is 238 g/mol. The predicted molar refractivity (Wildman–Crippen MR) is 54.5 cm³/mol. The van der Waals surface area contributed by atoms with Crippen molar-refractivity contribution in [2.45, 2.75) is 18.9 Å². The lowest BCUT2D eigenvalue weighted by Gasteiger charge is -2.18. The standard InChI is InChI=1S/C9H16F2N2O4/c1-6(15)13-7(8(16)17-2)3-12-4-9(10,11)5-14/h7,12,14H,3-5H2,1-2H3,(H,13,15). The van der Waals surface area contributed by atoms with Crippen LogP contribution in [0, 0.1) is 0 Å². The number of alkyl halides is 2. The van der Waals surface area contributed by atoms with Gasteiger partial charge in [-0.15, -0.1) is 0 Å².